The third-order valence-electron chi connectivity index (χ3n) is 4.62. The Morgan fingerprint density at radius 2 is 1.35 bits per heavy atom. The Bertz CT molecular complexity index is 1380. The number of nitrogens with zero attached hydrogens (tertiary/aromatic N) is 2. The Balaban J connectivity index is 1.87. The van der Waals surface area contributed by atoms with Crippen molar-refractivity contribution in [1.82, 2.24) is 9.78 Å². The number of hydrogen-bond acceptors (Lipinski definition) is 4. The molecule has 1 aromatic heterocycles. The number of para-hydroxylation sites is 1. The van der Waals surface area contributed by atoms with Crippen LogP contribution in [0, 0.1) is 41.8 Å². The molecule has 0 spiro atoms. The molecule has 4 rings (SSSR count). The molecular weight excluding hydrogens is 482 g/mol. The third kappa shape index (κ3) is 4.14. The van der Waals surface area contributed by atoms with E-state index in [0.29, 0.717) is 5.69 Å². The fraction of sp³-hybridized carbons (Fsp3) is 0.0435. The van der Waals surface area contributed by atoms with Gasteiger partial charge in [0.15, 0.2) is 23.3 Å². The zero-order valence-corrected chi connectivity index (χ0v) is 17.9. The lowest BCUT2D eigenvalue weighted by atomic mass is 10.2. The van der Waals surface area contributed by atoms with Crippen LogP contribution in [0.1, 0.15) is 16.1 Å². The average Bonchev–Trinajstić information content (AvgIpc) is 3.14. The first-order valence-electron chi connectivity index (χ1n) is 9.51. The third-order valence-corrected chi connectivity index (χ3v) is 5.86. The number of benzene rings is 3. The second-order valence-corrected chi connectivity index (χ2v) is 7.86. The summed E-state index contributed by atoms with van der Waals surface area (Å²) >= 11 is 0.137. The largest absolute Gasteiger partial charge is 0.402 e. The molecule has 0 radical (unpaired) electrons. The number of carbonyl (C=O) groups is 1. The van der Waals surface area contributed by atoms with E-state index in [2.05, 4.69) is 5.10 Å². The van der Waals surface area contributed by atoms with E-state index in [4.69, 9.17) is 4.74 Å². The van der Waals surface area contributed by atoms with Crippen molar-refractivity contribution < 1.29 is 35.9 Å². The van der Waals surface area contributed by atoms with Gasteiger partial charge < -0.3 is 4.74 Å². The summed E-state index contributed by atoms with van der Waals surface area (Å²) in [5.74, 6) is -13.1. The van der Waals surface area contributed by atoms with Gasteiger partial charge in [-0.15, -0.1) is 0 Å². The van der Waals surface area contributed by atoms with Crippen molar-refractivity contribution in [3.05, 3.63) is 101 Å². The van der Waals surface area contributed by atoms with Crippen molar-refractivity contribution in [2.45, 2.75) is 16.7 Å². The number of ether oxygens (including phenoxy) is 1. The summed E-state index contributed by atoms with van der Waals surface area (Å²) in [7, 11) is 0. The van der Waals surface area contributed by atoms with Crippen molar-refractivity contribution in [2.75, 3.05) is 0 Å². The van der Waals surface area contributed by atoms with Crippen LogP contribution in [0.4, 0.5) is 26.3 Å². The van der Waals surface area contributed by atoms with E-state index in [9.17, 15) is 31.1 Å². The van der Waals surface area contributed by atoms with E-state index >= 15 is 0 Å². The molecule has 0 atom stereocenters. The summed E-state index contributed by atoms with van der Waals surface area (Å²) in [4.78, 5) is 11.3. The second kappa shape index (κ2) is 9.26. The van der Waals surface area contributed by atoms with Gasteiger partial charge in [-0.3, -0.25) is 0 Å². The first-order valence-corrected chi connectivity index (χ1v) is 10.3. The molecule has 0 aliphatic carbocycles. The highest BCUT2D eigenvalue weighted by atomic mass is 32.2. The monoisotopic (exact) mass is 494 g/mol. The van der Waals surface area contributed by atoms with E-state index in [1.54, 1.807) is 30.3 Å². The smallest absolute Gasteiger partial charge is 0.347 e. The predicted molar refractivity (Wildman–Crippen MR) is 110 cm³/mol. The SMILES string of the molecule is Cc1nn(-c2ccccc2)c(OC(=O)c2ccccc2F)c1Sc1c(F)c(F)c(F)c(F)c1F. The number of halogens is 6. The Morgan fingerprint density at radius 1 is 0.794 bits per heavy atom. The second-order valence-electron chi connectivity index (χ2n) is 6.84. The Kier molecular flexibility index (Phi) is 6.38. The van der Waals surface area contributed by atoms with Gasteiger partial charge in [0, 0.05) is 0 Å². The number of esters is 1. The van der Waals surface area contributed by atoms with Crippen molar-refractivity contribution in [3.63, 3.8) is 0 Å². The van der Waals surface area contributed by atoms with Gasteiger partial charge in [0.2, 0.25) is 11.7 Å². The summed E-state index contributed by atoms with van der Waals surface area (Å²) < 4.78 is 90.1. The van der Waals surface area contributed by atoms with Crippen LogP contribution in [0.3, 0.4) is 0 Å². The Labute approximate surface area is 192 Å². The molecule has 4 nitrogen and oxygen atoms in total. The zero-order valence-electron chi connectivity index (χ0n) is 17.1. The van der Waals surface area contributed by atoms with Gasteiger partial charge in [0.25, 0.3) is 0 Å². The molecule has 1 heterocycles. The molecule has 0 saturated carbocycles. The van der Waals surface area contributed by atoms with E-state index in [1.165, 1.54) is 19.1 Å². The van der Waals surface area contributed by atoms with Gasteiger partial charge >= 0.3 is 5.97 Å². The minimum atomic E-state index is -2.30. The molecule has 4 aromatic rings. The van der Waals surface area contributed by atoms with E-state index < -0.39 is 57.2 Å². The molecule has 3 aromatic carbocycles. The molecule has 11 heteroatoms. The summed E-state index contributed by atoms with van der Waals surface area (Å²) in [6.45, 7) is 1.38. The first kappa shape index (κ1) is 23.4. The summed E-state index contributed by atoms with van der Waals surface area (Å²) in [5, 5.41) is 4.19. The highest BCUT2D eigenvalue weighted by molar-refractivity contribution is 7.99. The number of aromatic nitrogens is 2. The van der Waals surface area contributed by atoms with E-state index in [-0.39, 0.29) is 22.4 Å². The molecule has 0 unspecified atom stereocenters. The normalized spacial score (nSPS) is 11.0. The predicted octanol–water partition coefficient (Wildman–Crippen LogP) is 6.39. The van der Waals surface area contributed by atoms with Crippen LogP contribution in [-0.4, -0.2) is 15.7 Å². The first-order chi connectivity index (χ1) is 16.2. The zero-order chi connectivity index (χ0) is 24.6. The molecule has 34 heavy (non-hydrogen) atoms. The van der Waals surface area contributed by atoms with Gasteiger partial charge in [-0.25, -0.2) is 31.1 Å². The fourth-order valence-electron chi connectivity index (χ4n) is 2.99. The van der Waals surface area contributed by atoms with Crippen LogP contribution in [0.5, 0.6) is 5.88 Å². The lowest BCUT2D eigenvalue weighted by Crippen LogP contribution is -2.14. The van der Waals surface area contributed by atoms with E-state index in [0.717, 1.165) is 16.8 Å². The molecule has 174 valence electrons. The number of carbonyl (C=O) groups excluding carboxylic acids is 1. The van der Waals surface area contributed by atoms with Gasteiger partial charge in [0.1, 0.15) is 5.82 Å². The quantitative estimate of drug-likeness (QED) is 0.140. The highest BCUT2D eigenvalue weighted by Crippen LogP contribution is 2.42. The minimum Gasteiger partial charge on any atom is -0.402 e. The lowest BCUT2D eigenvalue weighted by Gasteiger charge is -2.12. The van der Waals surface area contributed by atoms with Gasteiger partial charge in [-0.1, -0.05) is 42.1 Å². The van der Waals surface area contributed by atoms with Crippen molar-refractivity contribution in [2.24, 2.45) is 0 Å². The van der Waals surface area contributed by atoms with E-state index in [1.807, 2.05) is 0 Å². The van der Waals surface area contributed by atoms with Crippen LogP contribution in [0.2, 0.25) is 0 Å². The minimum absolute atomic E-state index is 0.0501. The van der Waals surface area contributed by atoms with Crippen LogP contribution in [-0.2, 0) is 0 Å². The number of rotatable bonds is 5. The Hall–Kier alpha value is -3.73. The maximum absolute atomic E-state index is 14.3. The summed E-state index contributed by atoms with van der Waals surface area (Å²) in [6, 6.07) is 13.0. The highest BCUT2D eigenvalue weighted by Gasteiger charge is 2.30. The van der Waals surface area contributed by atoms with Gasteiger partial charge in [-0.05, 0) is 31.2 Å². The average molecular weight is 494 g/mol. The van der Waals surface area contributed by atoms with Crippen molar-refractivity contribution in [1.29, 1.82) is 0 Å². The Morgan fingerprint density at radius 3 is 1.97 bits per heavy atom. The molecule has 0 aliphatic rings. The summed E-state index contributed by atoms with van der Waals surface area (Å²) in [6.07, 6.45) is 0. The molecule has 0 aliphatic heterocycles. The lowest BCUT2D eigenvalue weighted by molar-refractivity contribution is 0.0713. The van der Waals surface area contributed by atoms with Crippen molar-refractivity contribution in [3.8, 4) is 11.6 Å². The van der Waals surface area contributed by atoms with Crippen LogP contribution in [0.25, 0.3) is 5.69 Å². The molecular formula is C23H12F6N2O2S. The van der Waals surface area contributed by atoms with Gasteiger partial charge in [-0.2, -0.15) is 9.78 Å². The van der Waals surface area contributed by atoms with Crippen LogP contribution >= 0.6 is 11.8 Å². The van der Waals surface area contributed by atoms with Crippen molar-refractivity contribution >= 4 is 17.7 Å². The molecule has 0 fully saturated rings. The maximum Gasteiger partial charge on any atom is 0.347 e. The van der Waals surface area contributed by atoms with Gasteiger partial charge in [0.05, 0.1) is 26.7 Å². The standard InChI is InChI=1S/C23H12F6N2O2S/c1-11-20(34-21-18(28)16(26)15(25)17(27)19(21)29)22(31(30-11)12-7-3-2-4-8-12)33-23(32)13-9-5-6-10-14(13)24/h2-10H,1H3. The molecule has 0 saturated heterocycles. The number of aryl methyl sites for hydroxylation is 1. The molecule has 0 N–H and O–H groups in total. The van der Waals surface area contributed by atoms with Crippen LogP contribution in [0.15, 0.2) is 64.4 Å². The molecule has 0 bridgehead atoms. The topological polar surface area (TPSA) is 44.1 Å². The fourth-order valence-corrected chi connectivity index (χ4v) is 3.96. The molecule has 0 amide bonds. The van der Waals surface area contributed by atoms with Crippen LogP contribution < -0.4 is 4.74 Å². The number of hydrogen-bond donors (Lipinski definition) is 0. The maximum atomic E-state index is 14.3. The summed E-state index contributed by atoms with van der Waals surface area (Å²) in [5.41, 5.74) is -0.0338.